The van der Waals surface area contributed by atoms with Crippen molar-refractivity contribution >= 4 is 35.6 Å². The third-order valence-corrected chi connectivity index (χ3v) is 6.06. The number of benzene rings is 2. The number of hydrogen-bond donors (Lipinski definition) is 1. The molecule has 2 unspecified atom stereocenters. The van der Waals surface area contributed by atoms with Gasteiger partial charge in [-0.25, -0.2) is 0 Å². The van der Waals surface area contributed by atoms with E-state index in [1.54, 1.807) is 0 Å². The van der Waals surface area contributed by atoms with Crippen molar-refractivity contribution in [2.45, 2.75) is 25.2 Å². The maximum absolute atomic E-state index is 6.12. The lowest BCUT2D eigenvalue weighted by molar-refractivity contribution is -0.0502. The number of morpholine rings is 1. The molecule has 2 aromatic rings. The van der Waals surface area contributed by atoms with Crippen molar-refractivity contribution in [3.8, 4) is 0 Å². The van der Waals surface area contributed by atoms with Crippen LogP contribution in [0.4, 0.5) is 5.69 Å². The van der Waals surface area contributed by atoms with E-state index in [0.29, 0.717) is 6.04 Å². The van der Waals surface area contributed by atoms with Gasteiger partial charge in [-0.05, 0) is 23.3 Å². The Morgan fingerprint density at radius 3 is 2.48 bits per heavy atom. The predicted octanol–water partition coefficient (Wildman–Crippen LogP) is 3.03. The Hall–Kier alpha value is -1.84. The number of hydrogen-bond acceptors (Lipinski definition) is 4. The summed E-state index contributed by atoms with van der Waals surface area (Å²) >= 11 is 0. The smallest absolute Gasteiger partial charge is 0.194 e. The minimum Gasteiger partial charge on any atom is -0.378 e. The van der Waals surface area contributed by atoms with Crippen molar-refractivity contribution in [2.75, 3.05) is 52.3 Å². The predicted molar refractivity (Wildman–Crippen MR) is 138 cm³/mol. The number of nitrogens with zero attached hydrogens (tertiary/aromatic N) is 4. The number of anilines is 1. The zero-order chi connectivity index (χ0) is 20.9. The summed E-state index contributed by atoms with van der Waals surface area (Å²) in [5, 5.41) is 3.54. The zero-order valence-electron chi connectivity index (χ0n) is 18.7. The molecule has 0 saturated carbocycles. The summed E-state index contributed by atoms with van der Waals surface area (Å²) in [5.41, 5.74) is 3.82. The molecule has 31 heavy (non-hydrogen) atoms. The van der Waals surface area contributed by atoms with Gasteiger partial charge in [0.1, 0.15) is 0 Å². The van der Waals surface area contributed by atoms with Crippen LogP contribution in [0.5, 0.6) is 0 Å². The number of fused-ring (bicyclic) bond motifs is 1. The van der Waals surface area contributed by atoms with E-state index in [0.717, 1.165) is 45.3 Å². The molecule has 7 heteroatoms. The van der Waals surface area contributed by atoms with Crippen molar-refractivity contribution < 1.29 is 4.74 Å². The largest absolute Gasteiger partial charge is 0.378 e. The molecule has 4 rings (SSSR count). The molecule has 2 atom stereocenters. The monoisotopic (exact) mass is 535 g/mol. The Kier molecular flexibility index (Phi) is 8.57. The third kappa shape index (κ3) is 5.90. The molecule has 2 aliphatic rings. The molecule has 0 aromatic heterocycles. The highest BCUT2D eigenvalue weighted by molar-refractivity contribution is 14.0. The maximum Gasteiger partial charge on any atom is 0.194 e. The standard InChI is InChI=1S/C24H33N5O.HI/c1-25-24(26-15-19-9-11-21(12-10-19)27(2)3)29-17-22-23(18-29)30-14-13-28(22)16-20-7-5-4-6-8-20;/h4-12,22-23H,13-18H2,1-3H3,(H,25,26);1H. The molecule has 168 valence electrons. The lowest BCUT2D eigenvalue weighted by Crippen LogP contribution is -2.50. The highest BCUT2D eigenvalue weighted by Crippen LogP contribution is 2.24. The minimum atomic E-state index is 0. The fourth-order valence-electron chi connectivity index (χ4n) is 4.37. The van der Waals surface area contributed by atoms with Crippen LogP contribution in [-0.2, 0) is 17.8 Å². The molecular weight excluding hydrogens is 501 g/mol. The Morgan fingerprint density at radius 2 is 1.81 bits per heavy atom. The van der Waals surface area contributed by atoms with Crippen molar-refractivity contribution in [2.24, 2.45) is 4.99 Å². The Labute approximate surface area is 203 Å². The van der Waals surface area contributed by atoms with Crippen molar-refractivity contribution in [1.29, 1.82) is 0 Å². The van der Waals surface area contributed by atoms with E-state index in [9.17, 15) is 0 Å². The molecular formula is C24H34IN5O. The maximum atomic E-state index is 6.12. The van der Waals surface area contributed by atoms with E-state index >= 15 is 0 Å². The second kappa shape index (κ2) is 11.2. The Bertz CT molecular complexity index is 843. The average Bonchev–Trinajstić information content (AvgIpc) is 3.20. The minimum absolute atomic E-state index is 0. The molecule has 2 heterocycles. The molecule has 0 bridgehead atoms. The molecule has 2 aliphatic heterocycles. The molecule has 1 N–H and O–H groups in total. The van der Waals surface area contributed by atoms with Crippen LogP contribution < -0.4 is 10.2 Å². The van der Waals surface area contributed by atoms with Crippen LogP contribution >= 0.6 is 24.0 Å². The van der Waals surface area contributed by atoms with E-state index in [4.69, 9.17) is 4.74 Å². The van der Waals surface area contributed by atoms with Crippen LogP contribution in [0.3, 0.4) is 0 Å². The van der Waals surface area contributed by atoms with Crippen LogP contribution in [0.15, 0.2) is 59.6 Å². The summed E-state index contributed by atoms with van der Waals surface area (Å²) in [4.78, 5) is 11.6. The Balaban J connectivity index is 0.00000272. The van der Waals surface area contributed by atoms with Gasteiger partial charge in [-0.1, -0.05) is 42.5 Å². The van der Waals surface area contributed by atoms with E-state index in [1.165, 1.54) is 16.8 Å². The van der Waals surface area contributed by atoms with Crippen molar-refractivity contribution in [1.82, 2.24) is 15.1 Å². The number of halogens is 1. The van der Waals surface area contributed by atoms with Gasteiger partial charge in [-0.15, -0.1) is 24.0 Å². The van der Waals surface area contributed by atoms with Crippen LogP contribution in [-0.4, -0.2) is 75.3 Å². The van der Waals surface area contributed by atoms with E-state index < -0.39 is 0 Å². The zero-order valence-corrected chi connectivity index (χ0v) is 21.0. The molecule has 2 fully saturated rings. The van der Waals surface area contributed by atoms with E-state index in [1.807, 2.05) is 7.05 Å². The lowest BCUT2D eigenvalue weighted by Gasteiger charge is -2.36. The molecule has 2 saturated heterocycles. The number of ether oxygens (including phenoxy) is 1. The topological polar surface area (TPSA) is 43.3 Å². The first-order chi connectivity index (χ1) is 14.6. The summed E-state index contributed by atoms with van der Waals surface area (Å²) in [6.07, 6.45) is 0.236. The van der Waals surface area contributed by atoms with Crippen molar-refractivity contribution in [3.05, 3.63) is 65.7 Å². The molecule has 2 aromatic carbocycles. The van der Waals surface area contributed by atoms with Gasteiger partial charge in [0.05, 0.1) is 18.8 Å². The van der Waals surface area contributed by atoms with Gasteiger partial charge in [0, 0.05) is 59.6 Å². The number of rotatable bonds is 5. The quantitative estimate of drug-likeness (QED) is 0.363. The highest BCUT2D eigenvalue weighted by atomic mass is 127. The average molecular weight is 535 g/mol. The molecule has 0 radical (unpaired) electrons. The fourth-order valence-corrected chi connectivity index (χ4v) is 4.37. The number of guanidine groups is 1. The van der Waals surface area contributed by atoms with Crippen LogP contribution in [0.2, 0.25) is 0 Å². The van der Waals surface area contributed by atoms with Crippen LogP contribution in [0.25, 0.3) is 0 Å². The normalized spacial score (nSPS) is 21.4. The first-order valence-electron chi connectivity index (χ1n) is 10.8. The van der Waals surface area contributed by atoms with Crippen LogP contribution in [0, 0.1) is 0 Å². The van der Waals surface area contributed by atoms with Gasteiger partial charge in [-0.3, -0.25) is 9.89 Å². The summed E-state index contributed by atoms with van der Waals surface area (Å²) in [6, 6.07) is 19.8. The summed E-state index contributed by atoms with van der Waals surface area (Å²) in [6.45, 7) is 5.34. The fraction of sp³-hybridized carbons (Fsp3) is 0.458. The van der Waals surface area contributed by atoms with Gasteiger partial charge in [-0.2, -0.15) is 0 Å². The van der Waals surface area contributed by atoms with Gasteiger partial charge >= 0.3 is 0 Å². The Morgan fingerprint density at radius 1 is 1.06 bits per heavy atom. The second-order valence-corrected chi connectivity index (χ2v) is 8.30. The first kappa shape index (κ1) is 23.8. The summed E-state index contributed by atoms with van der Waals surface area (Å²) < 4.78 is 6.12. The highest BCUT2D eigenvalue weighted by Gasteiger charge is 2.41. The third-order valence-electron chi connectivity index (χ3n) is 6.06. The van der Waals surface area contributed by atoms with Gasteiger partial charge in [0.2, 0.25) is 0 Å². The molecule has 0 spiro atoms. The molecule has 6 nitrogen and oxygen atoms in total. The molecule has 0 aliphatic carbocycles. The van der Waals surface area contributed by atoms with Gasteiger partial charge < -0.3 is 19.9 Å². The van der Waals surface area contributed by atoms with Gasteiger partial charge in [0.25, 0.3) is 0 Å². The number of aliphatic imine (C=N–C) groups is 1. The SMILES string of the molecule is CN=C(NCc1ccc(N(C)C)cc1)N1CC2OCCN(Cc3ccccc3)C2C1.I. The van der Waals surface area contributed by atoms with Crippen LogP contribution in [0.1, 0.15) is 11.1 Å². The first-order valence-corrected chi connectivity index (χ1v) is 10.8. The van der Waals surface area contributed by atoms with E-state index in [2.05, 4.69) is 93.7 Å². The second-order valence-electron chi connectivity index (χ2n) is 8.30. The number of likely N-dealkylation sites (tertiary alicyclic amines) is 1. The molecule has 0 amide bonds. The van der Waals surface area contributed by atoms with Crippen molar-refractivity contribution in [3.63, 3.8) is 0 Å². The number of nitrogens with one attached hydrogen (secondary N) is 1. The van der Waals surface area contributed by atoms with Gasteiger partial charge in [0.15, 0.2) is 5.96 Å². The lowest BCUT2D eigenvalue weighted by atomic mass is 10.1. The summed E-state index contributed by atoms with van der Waals surface area (Å²) in [5.74, 6) is 0.948. The summed E-state index contributed by atoms with van der Waals surface area (Å²) in [7, 11) is 5.98. The van der Waals surface area contributed by atoms with E-state index in [-0.39, 0.29) is 30.1 Å².